The molecule has 3 N–H and O–H groups in total. The van der Waals surface area contributed by atoms with Crippen LogP contribution in [0.5, 0.6) is 0 Å². The van der Waals surface area contributed by atoms with E-state index in [9.17, 15) is 4.79 Å². The molecule has 1 saturated carbocycles. The summed E-state index contributed by atoms with van der Waals surface area (Å²) >= 11 is 1.85. The van der Waals surface area contributed by atoms with Gasteiger partial charge in [-0.2, -0.15) is 11.8 Å². The van der Waals surface area contributed by atoms with Crippen LogP contribution < -0.4 is 11.1 Å². The van der Waals surface area contributed by atoms with Crippen LogP contribution in [0.2, 0.25) is 0 Å². The molecule has 0 saturated heterocycles. The number of amides is 1. The average molecular weight is 202 g/mol. The summed E-state index contributed by atoms with van der Waals surface area (Å²) in [6, 6.07) is 0.383. The van der Waals surface area contributed by atoms with Crippen molar-refractivity contribution in [3.8, 4) is 0 Å². The maximum Gasteiger partial charge on any atom is 0.221 e. The van der Waals surface area contributed by atoms with Gasteiger partial charge >= 0.3 is 0 Å². The number of carbonyl (C=O) groups is 1. The summed E-state index contributed by atoms with van der Waals surface area (Å²) < 4.78 is 0. The van der Waals surface area contributed by atoms with E-state index in [4.69, 9.17) is 5.73 Å². The molecule has 1 rings (SSSR count). The van der Waals surface area contributed by atoms with Crippen molar-refractivity contribution in [3.05, 3.63) is 0 Å². The predicted octanol–water partition coefficient (Wildman–Crippen LogP) is 0.736. The van der Waals surface area contributed by atoms with Crippen molar-refractivity contribution in [3.63, 3.8) is 0 Å². The van der Waals surface area contributed by atoms with Crippen LogP contribution in [0.25, 0.3) is 0 Å². The number of carbonyl (C=O) groups excluding carboxylic acids is 1. The minimum Gasteiger partial charge on any atom is -0.352 e. The Morgan fingerprint density at radius 3 is 3.00 bits per heavy atom. The highest BCUT2D eigenvalue weighted by molar-refractivity contribution is 7.99. The Kier molecular flexibility index (Phi) is 4.59. The van der Waals surface area contributed by atoms with E-state index < -0.39 is 0 Å². The third kappa shape index (κ3) is 3.19. The van der Waals surface area contributed by atoms with Crippen molar-refractivity contribution < 1.29 is 4.79 Å². The summed E-state index contributed by atoms with van der Waals surface area (Å²) in [5, 5.41) is 3.65. The fourth-order valence-corrected chi connectivity index (χ4v) is 2.72. The number of nitrogens with two attached hydrogens (primary N) is 1. The van der Waals surface area contributed by atoms with Crippen LogP contribution in [0, 0.1) is 0 Å². The highest BCUT2D eigenvalue weighted by Gasteiger charge is 2.27. The van der Waals surface area contributed by atoms with Crippen LogP contribution in [-0.2, 0) is 4.79 Å². The molecule has 0 aromatic rings. The zero-order chi connectivity index (χ0) is 9.68. The minimum atomic E-state index is 0.105. The van der Waals surface area contributed by atoms with Gasteiger partial charge in [0.15, 0.2) is 0 Å². The molecule has 0 heterocycles. The maximum absolute atomic E-state index is 11.3. The average Bonchev–Trinajstić information content (AvgIpc) is 2.52. The third-order valence-corrected chi connectivity index (χ3v) is 3.64. The minimum absolute atomic E-state index is 0.105. The van der Waals surface area contributed by atoms with Gasteiger partial charge < -0.3 is 11.1 Å². The van der Waals surface area contributed by atoms with Gasteiger partial charge in [0.2, 0.25) is 5.91 Å². The monoisotopic (exact) mass is 202 g/mol. The van der Waals surface area contributed by atoms with Crippen molar-refractivity contribution in [1.82, 2.24) is 5.32 Å². The number of thioether (sulfide) groups is 1. The molecule has 1 aliphatic carbocycles. The lowest BCUT2D eigenvalue weighted by atomic mass is 10.2. The molecule has 0 aliphatic heterocycles. The summed E-state index contributed by atoms with van der Waals surface area (Å²) in [4.78, 5) is 11.3. The molecule has 2 atom stereocenters. The van der Waals surface area contributed by atoms with Gasteiger partial charge in [0.05, 0.1) is 0 Å². The third-order valence-electron chi connectivity index (χ3n) is 2.47. The van der Waals surface area contributed by atoms with Crippen LogP contribution in [0.4, 0.5) is 0 Å². The van der Waals surface area contributed by atoms with Crippen LogP contribution in [0.1, 0.15) is 25.7 Å². The molecule has 76 valence electrons. The van der Waals surface area contributed by atoms with E-state index in [-0.39, 0.29) is 5.91 Å². The van der Waals surface area contributed by atoms with Gasteiger partial charge in [-0.3, -0.25) is 4.79 Å². The lowest BCUT2D eigenvalue weighted by Crippen LogP contribution is -2.39. The van der Waals surface area contributed by atoms with Gasteiger partial charge in [0.25, 0.3) is 0 Å². The first-order valence-corrected chi connectivity index (χ1v) is 6.09. The van der Waals surface area contributed by atoms with Crippen molar-refractivity contribution in [1.29, 1.82) is 0 Å². The Bertz CT molecular complexity index is 175. The Labute approximate surface area is 83.8 Å². The highest BCUT2D eigenvalue weighted by atomic mass is 32.2. The second kappa shape index (κ2) is 5.50. The van der Waals surface area contributed by atoms with Crippen LogP contribution in [0.15, 0.2) is 0 Å². The van der Waals surface area contributed by atoms with Gasteiger partial charge in [-0.15, -0.1) is 0 Å². The summed E-state index contributed by atoms with van der Waals surface area (Å²) in [5.74, 6) is 0.105. The van der Waals surface area contributed by atoms with Gasteiger partial charge in [-0.25, -0.2) is 0 Å². The lowest BCUT2D eigenvalue weighted by molar-refractivity contribution is -0.121. The smallest absolute Gasteiger partial charge is 0.221 e. The first-order valence-electron chi connectivity index (χ1n) is 4.80. The topological polar surface area (TPSA) is 55.1 Å². The lowest BCUT2D eigenvalue weighted by Gasteiger charge is -2.18. The molecular formula is C9H18N2OS. The summed E-state index contributed by atoms with van der Waals surface area (Å²) in [5.41, 5.74) is 5.30. The van der Waals surface area contributed by atoms with Gasteiger partial charge in [0.1, 0.15) is 0 Å². The van der Waals surface area contributed by atoms with E-state index in [1.54, 1.807) is 0 Å². The van der Waals surface area contributed by atoms with E-state index in [0.717, 1.165) is 6.42 Å². The molecule has 0 spiro atoms. The zero-order valence-electron chi connectivity index (χ0n) is 8.08. The molecule has 0 aromatic carbocycles. The molecule has 13 heavy (non-hydrogen) atoms. The normalized spacial score (nSPS) is 27.5. The van der Waals surface area contributed by atoms with Gasteiger partial charge in [-0.05, 0) is 19.1 Å². The largest absolute Gasteiger partial charge is 0.352 e. The van der Waals surface area contributed by atoms with Crippen molar-refractivity contribution in [2.45, 2.75) is 37.0 Å². The molecule has 0 radical (unpaired) electrons. The Balaban J connectivity index is 2.30. The second-order valence-corrected chi connectivity index (χ2v) is 4.49. The van der Waals surface area contributed by atoms with Gasteiger partial charge in [0, 0.05) is 24.3 Å². The Hall–Kier alpha value is -0.220. The molecule has 2 unspecified atom stereocenters. The second-order valence-electron chi connectivity index (χ2n) is 3.42. The number of nitrogens with one attached hydrogen (secondary N) is 1. The molecule has 1 aliphatic rings. The molecule has 1 amide bonds. The van der Waals surface area contributed by atoms with Crippen molar-refractivity contribution in [2.24, 2.45) is 5.73 Å². The quantitative estimate of drug-likeness (QED) is 0.707. The summed E-state index contributed by atoms with van der Waals surface area (Å²) in [6.45, 7) is 0.447. The fraction of sp³-hybridized carbons (Fsp3) is 0.889. The van der Waals surface area contributed by atoms with Crippen molar-refractivity contribution in [2.75, 3.05) is 12.8 Å². The molecule has 4 heteroatoms. The Morgan fingerprint density at radius 1 is 1.62 bits per heavy atom. The first-order chi connectivity index (χ1) is 6.27. The first kappa shape index (κ1) is 10.9. The van der Waals surface area contributed by atoms with E-state index in [2.05, 4.69) is 11.6 Å². The van der Waals surface area contributed by atoms with Crippen LogP contribution >= 0.6 is 11.8 Å². The Morgan fingerprint density at radius 2 is 2.38 bits per heavy atom. The zero-order valence-corrected chi connectivity index (χ0v) is 8.90. The van der Waals surface area contributed by atoms with Gasteiger partial charge in [-0.1, -0.05) is 6.42 Å². The molecular weight excluding hydrogens is 184 g/mol. The number of hydrogen-bond acceptors (Lipinski definition) is 3. The molecule has 0 aromatic heterocycles. The molecule has 0 bridgehead atoms. The van der Waals surface area contributed by atoms with Crippen LogP contribution in [-0.4, -0.2) is 30.0 Å². The van der Waals surface area contributed by atoms with Crippen molar-refractivity contribution >= 4 is 17.7 Å². The van der Waals surface area contributed by atoms with E-state index >= 15 is 0 Å². The number of hydrogen-bond donors (Lipinski definition) is 2. The van der Waals surface area contributed by atoms with E-state index in [0.29, 0.717) is 24.3 Å². The molecule has 1 fully saturated rings. The standard InChI is InChI=1S/C9H18N2OS/c1-13-8-4-2-3-7(8)11-9(12)5-6-10/h7-8H,2-6,10H2,1H3,(H,11,12). The van der Waals surface area contributed by atoms with Crippen LogP contribution in [0.3, 0.4) is 0 Å². The van der Waals surface area contributed by atoms with E-state index in [1.165, 1.54) is 12.8 Å². The summed E-state index contributed by atoms with van der Waals surface area (Å²) in [7, 11) is 0. The molecule has 3 nitrogen and oxygen atoms in total. The maximum atomic E-state index is 11.3. The predicted molar refractivity (Wildman–Crippen MR) is 56.8 cm³/mol. The van der Waals surface area contributed by atoms with E-state index in [1.807, 2.05) is 11.8 Å². The highest BCUT2D eigenvalue weighted by Crippen LogP contribution is 2.28. The number of rotatable bonds is 4. The SMILES string of the molecule is CSC1CCCC1NC(=O)CCN. The fourth-order valence-electron chi connectivity index (χ4n) is 1.78. The summed E-state index contributed by atoms with van der Waals surface area (Å²) in [6.07, 6.45) is 6.16.